The van der Waals surface area contributed by atoms with Crippen LogP contribution in [-0.4, -0.2) is 19.5 Å². The van der Waals surface area contributed by atoms with Crippen molar-refractivity contribution in [3.63, 3.8) is 0 Å². The second kappa shape index (κ2) is 5.53. The lowest BCUT2D eigenvalue weighted by Gasteiger charge is -2.02. The lowest BCUT2D eigenvalue weighted by molar-refractivity contribution is -0.384. The first-order chi connectivity index (χ1) is 10.5. The van der Waals surface area contributed by atoms with Crippen LogP contribution in [0.1, 0.15) is 10.7 Å². The molecule has 8 nitrogen and oxygen atoms in total. The highest BCUT2D eigenvalue weighted by molar-refractivity contribution is 7.16. The number of nitro benzene ring substituents is 1. The second-order valence-electron chi connectivity index (χ2n) is 4.47. The predicted molar refractivity (Wildman–Crippen MR) is 79.3 cm³/mol. The summed E-state index contributed by atoms with van der Waals surface area (Å²) in [6, 6.07) is 7.28. The molecule has 3 rings (SSSR count). The van der Waals surface area contributed by atoms with E-state index < -0.39 is 4.92 Å². The molecule has 3 aromatic rings. The molecule has 0 aliphatic rings. The first-order valence-corrected chi connectivity index (χ1v) is 7.08. The van der Waals surface area contributed by atoms with Crippen molar-refractivity contribution >= 4 is 22.0 Å². The lowest BCUT2D eigenvalue weighted by Crippen LogP contribution is -2.14. The van der Waals surface area contributed by atoms with Gasteiger partial charge in [0.05, 0.1) is 11.0 Å². The van der Waals surface area contributed by atoms with Crippen molar-refractivity contribution in [2.45, 2.75) is 13.5 Å². The molecule has 0 radical (unpaired) electrons. The Balaban J connectivity index is 1.82. The van der Waals surface area contributed by atoms with E-state index in [2.05, 4.69) is 10.1 Å². The summed E-state index contributed by atoms with van der Waals surface area (Å²) < 4.78 is 6.69. The van der Waals surface area contributed by atoms with E-state index in [0.717, 1.165) is 0 Å². The van der Waals surface area contributed by atoms with Crippen LogP contribution in [0.25, 0.3) is 4.96 Å². The van der Waals surface area contributed by atoms with Crippen LogP contribution in [0.3, 0.4) is 0 Å². The molecule has 1 aromatic carbocycles. The molecule has 0 atom stereocenters. The minimum atomic E-state index is -0.489. The third-order valence-corrected chi connectivity index (χ3v) is 3.69. The second-order valence-corrected chi connectivity index (χ2v) is 5.51. The summed E-state index contributed by atoms with van der Waals surface area (Å²) in [4.78, 5) is 26.7. The fourth-order valence-corrected chi connectivity index (χ4v) is 2.71. The summed E-state index contributed by atoms with van der Waals surface area (Å²) in [5.74, 6) is 0.366. The minimum absolute atomic E-state index is 0.0460. The van der Waals surface area contributed by atoms with Crippen molar-refractivity contribution in [3.8, 4) is 5.75 Å². The molecule has 0 unspecified atom stereocenters. The Hall–Kier alpha value is -2.81. The summed E-state index contributed by atoms with van der Waals surface area (Å²) in [6.45, 7) is 1.84. The first-order valence-electron chi connectivity index (χ1n) is 6.26. The standard InChI is InChI=1S/C13H10N4O4S/c1-8-5-12(18)16-13(14-8)22-11(15-16)7-21-10-4-2-3-9(6-10)17(19)20/h2-6H,7H2,1H3. The lowest BCUT2D eigenvalue weighted by atomic mass is 10.3. The van der Waals surface area contributed by atoms with Gasteiger partial charge in [-0.25, -0.2) is 4.98 Å². The summed E-state index contributed by atoms with van der Waals surface area (Å²) in [5, 5.41) is 15.4. The molecular weight excluding hydrogens is 308 g/mol. The van der Waals surface area contributed by atoms with Crippen LogP contribution >= 0.6 is 11.3 Å². The molecule has 0 spiro atoms. The van der Waals surface area contributed by atoms with Crippen LogP contribution in [0.15, 0.2) is 35.1 Å². The number of aromatic nitrogens is 3. The van der Waals surface area contributed by atoms with E-state index in [1.807, 2.05) is 0 Å². The van der Waals surface area contributed by atoms with Crippen LogP contribution in [0.2, 0.25) is 0 Å². The molecule has 0 saturated carbocycles. The molecule has 0 aliphatic heterocycles. The Bertz CT molecular complexity index is 918. The molecule has 0 saturated heterocycles. The van der Waals surface area contributed by atoms with Crippen molar-refractivity contribution in [1.29, 1.82) is 0 Å². The zero-order valence-electron chi connectivity index (χ0n) is 11.4. The first kappa shape index (κ1) is 14.1. The number of hydrogen-bond donors (Lipinski definition) is 0. The number of ether oxygens (including phenoxy) is 1. The molecule has 2 aromatic heterocycles. The third kappa shape index (κ3) is 2.79. The van der Waals surface area contributed by atoms with Crippen molar-refractivity contribution < 1.29 is 9.66 Å². The van der Waals surface area contributed by atoms with Gasteiger partial charge in [0, 0.05) is 17.8 Å². The topological polar surface area (TPSA) is 99.6 Å². The Morgan fingerprint density at radius 1 is 1.41 bits per heavy atom. The third-order valence-electron chi connectivity index (χ3n) is 2.81. The fraction of sp³-hybridized carbons (Fsp3) is 0.154. The van der Waals surface area contributed by atoms with Gasteiger partial charge in [0.15, 0.2) is 5.01 Å². The molecule has 0 amide bonds. The summed E-state index contributed by atoms with van der Waals surface area (Å²) in [7, 11) is 0. The minimum Gasteiger partial charge on any atom is -0.486 e. The molecular formula is C13H10N4O4S. The highest BCUT2D eigenvalue weighted by Gasteiger charge is 2.10. The number of benzene rings is 1. The average Bonchev–Trinajstić information content (AvgIpc) is 2.88. The summed E-state index contributed by atoms with van der Waals surface area (Å²) >= 11 is 1.24. The smallest absolute Gasteiger partial charge is 0.275 e. The number of hydrogen-bond acceptors (Lipinski definition) is 7. The van der Waals surface area contributed by atoms with Crippen molar-refractivity contribution in [1.82, 2.24) is 14.6 Å². The van der Waals surface area contributed by atoms with Gasteiger partial charge >= 0.3 is 0 Å². The maximum atomic E-state index is 11.8. The van der Waals surface area contributed by atoms with E-state index in [1.165, 1.54) is 34.1 Å². The molecule has 0 N–H and O–H groups in total. The highest BCUT2D eigenvalue weighted by atomic mass is 32.1. The zero-order chi connectivity index (χ0) is 15.7. The van der Waals surface area contributed by atoms with Crippen LogP contribution in [0, 0.1) is 17.0 Å². The Labute approximate surface area is 127 Å². The quantitative estimate of drug-likeness (QED) is 0.538. The largest absolute Gasteiger partial charge is 0.486 e. The number of nitrogens with zero attached hydrogens (tertiary/aromatic N) is 4. The SMILES string of the molecule is Cc1cc(=O)n2nc(COc3cccc([N+](=O)[O-])c3)sc2n1. The van der Waals surface area contributed by atoms with Gasteiger partial charge in [0.2, 0.25) is 4.96 Å². The number of nitro groups is 1. The van der Waals surface area contributed by atoms with Gasteiger partial charge in [0.1, 0.15) is 12.4 Å². The molecule has 0 aliphatic carbocycles. The normalized spacial score (nSPS) is 10.8. The van der Waals surface area contributed by atoms with Gasteiger partial charge in [-0.2, -0.15) is 9.61 Å². The Morgan fingerprint density at radius 2 is 2.23 bits per heavy atom. The van der Waals surface area contributed by atoms with Gasteiger partial charge in [-0.1, -0.05) is 17.4 Å². The van der Waals surface area contributed by atoms with E-state index in [9.17, 15) is 14.9 Å². The van der Waals surface area contributed by atoms with Crippen molar-refractivity contribution in [2.75, 3.05) is 0 Å². The maximum absolute atomic E-state index is 11.8. The molecule has 22 heavy (non-hydrogen) atoms. The molecule has 9 heteroatoms. The van der Waals surface area contributed by atoms with Crippen LogP contribution in [0.5, 0.6) is 5.75 Å². The van der Waals surface area contributed by atoms with Crippen LogP contribution in [0.4, 0.5) is 5.69 Å². The molecule has 112 valence electrons. The summed E-state index contributed by atoms with van der Waals surface area (Å²) in [6.07, 6.45) is 0. The van der Waals surface area contributed by atoms with E-state index >= 15 is 0 Å². The van der Waals surface area contributed by atoms with Crippen molar-refractivity contribution in [3.05, 3.63) is 61.5 Å². The van der Waals surface area contributed by atoms with Gasteiger partial charge in [0.25, 0.3) is 11.2 Å². The fourth-order valence-electron chi connectivity index (χ4n) is 1.85. The van der Waals surface area contributed by atoms with Crippen LogP contribution in [-0.2, 0) is 6.61 Å². The van der Waals surface area contributed by atoms with E-state index in [4.69, 9.17) is 4.74 Å². The highest BCUT2D eigenvalue weighted by Crippen LogP contribution is 2.21. The number of non-ortho nitro benzene ring substituents is 1. The molecule has 2 heterocycles. The molecule has 0 fully saturated rings. The van der Waals surface area contributed by atoms with E-state index in [0.29, 0.717) is 21.4 Å². The predicted octanol–water partition coefficient (Wildman–Crippen LogP) is 1.95. The van der Waals surface area contributed by atoms with Crippen molar-refractivity contribution in [2.24, 2.45) is 0 Å². The zero-order valence-corrected chi connectivity index (χ0v) is 12.2. The van der Waals surface area contributed by atoms with Gasteiger partial charge < -0.3 is 4.74 Å². The monoisotopic (exact) mass is 318 g/mol. The van der Waals surface area contributed by atoms with Gasteiger partial charge in [-0.3, -0.25) is 14.9 Å². The average molecular weight is 318 g/mol. The van der Waals surface area contributed by atoms with Gasteiger partial charge in [-0.15, -0.1) is 0 Å². The van der Waals surface area contributed by atoms with Crippen LogP contribution < -0.4 is 10.3 Å². The molecule has 0 bridgehead atoms. The van der Waals surface area contributed by atoms with E-state index in [1.54, 1.807) is 19.1 Å². The Morgan fingerprint density at radius 3 is 3.00 bits per heavy atom. The number of fused-ring (bicyclic) bond motifs is 1. The Kier molecular flexibility index (Phi) is 3.55. The number of rotatable bonds is 4. The van der Waals surface area contributed by atoms with Gasteiger partial charge in [-0.05, 0) is 13.0 Å². The maximum Gasteiger partial charge on any atom is 0.275 e. The number of aryl methyl sites for hydroxylation is 1. The van der Waals surface area contributed by atoms with E-state index in [-0.39, 0.29) is 17.9 Å². The summed E-state index contributed by atoms with van der Waals surface area (Å²) in [5.41, 5.74) is 0.329.